The summed E-state index contributed by atoms with van der Waals surface area (Å²) in [6, 6.07) is 16.0. The minimum atomic E-state index is -0.429. The van der Waals surface area contributed by atoms with Gasteiger partial charge in [0.15, 0.2) is 11.5 Å². The molecular weight excluding hydrogens is 326 g/mol. The molecule has 1 N–H and O–H groups in total. The molecule has 0 heterocycles. The van der Waals surface area contributed by atoms with Crippen molar-refractivity contribution in [1.29, 1.82) is 0 Å². The predicted molar refractivity (Wildman–Crippen MR) is 99.3 cm³/mol. The molecule has 2 aromatic carbocycles. The van der Waals surface area contributed by atoms with E-state index in [4.69, 9.17) is 9.47 Å². The second kappa shape index (κ2) is 10.2. The molecule has 5 heteroatoms. The highest BCUT2D eigenvalue weighted by molar-refractivity contribution is 5.85. The number of hydrogen-bond donors (Lipinski definition) is 1. The molecule has 1 atom stereocenters. The molecule has 0 aliphatic carbocycles. The van der Waals surface area contributed by atoms with Gasteiger partial charge in [-0.15, -0.1) is 12.4 Å². The summed E-state index contributed by atoms with van der Waals surface area (Å²) in [5.74, 6) is 1.39. The van der Waals surface area contributed by atoms with E-state index in [1.165, 1.54) is 5.56 Å². The Hall–Kier alpha value is -1.75. The predicted octanol–water partition coefficient (Wildman–Crippen LogP) is 3.16. The number of halogens is 1. The van der Waals surface area contributed by atoms with E-state index in [1.807, 2.05) is 43.4 Å². The van der Waals surface area contributed by atoms with Crippen molar-refractivity contribution in [2.24, 2.45) is 0 Å². The van der Waals surface area contributed by atoms with Crippen molar-refractivity contribution in [2.45, 2.75) is 19.1 Å². The number of ether oxygens (including phenoxy) is 2. The maximum Gasteiger partial charge on any atom is 0.160 e. The van der Waals surface area contributed by atoms with Crippen LogP contribution in [0.2, 0.25) is 0 Å². The summed E-state index contributed by atoms with van der Waals surface area (Å²) in [6.45, 7) is 1.44. The van der Waals surface area contributed by atoms with Gasteiger partial charge in [-0.05, 0) is 36.7 Å². The number of hydrogen-bond acceptors (Lipinski definition) is 4. The Morgan fingerprint density at radius 2 is 1.62 bits per heavy atom. The fourth-order valence-electron chi connectivity index (χ4n) is 2.66. The summed E-state index contributed by atoms with van der Waals surface area (Å²) in [4.78, 5) is 2.13. The van der Waals surface area contributed by atoms with Crippen LogP contribution in [0.5, 0.6) is 11.5 Å². The van der Waals surface area contributed by atoms with Gasteiger partial charge in [0.1, 0.15) is 0 Å². The first-order valence-electron chi connectivity index (χ1n) is 7.73. The maximum atomic E-state index is 10.3. The third kappa shape index (κ3) is 6.04. The molecule has 0 radical (unpaired) electrons. The van der Waals surface area contributed by atoms with Gasteiger partial charge in [-0.2, -0.15) is 0 Å². The van der Waals surface area contributed by atoms with Crippen LogP contribution in [0.4, 0.5) is 0 Å². The lowest BCUT2D eigenvalue weighted by molar-refractivity contribution is 0.123. The molecule has 24 heavy (non-hydrogen) atoms. The molecule has 2 rings (SSSR count). The molecule has 0 fully saturated rings. The van der Waals surface area contributed by atoms with E-state index >= 15 is 0 Å². The van der Waals surface area contributed by atoms with Crippen LogP contribution < -0.4 is 9.47 Å². The third-order valence-electron chi connectivity index (χ3n) is 3.74. The molecule has 0 saturated heterocycles. The summed E-state index contributed by atoms with van der Waals surface area (Å²) >= 11 is 0. The highest BCUT2D eigenvalue weighted by Crippen LogP contribution is 2.28. The average Bonchev–Trinajstić information content (AvgIpc) is 2.55. The number of aliphatic hydroxyl groups is 1. The van der Waals surface area contributed by atoms with Crippen molar-refractivity contribution in [1.82, 2.24) is 4.90 Å². The Labute approximate surface area is 150 Å². The van der Waals surface area contributed by atoms with Crippen LogP contribution in [0.15, 0.2) is 48.5 Å². The van der Waals surface area contributed by atoms with Gasteiger partial charge in [0, 0.05) is 13.1 Å². The van der Waals surface area contributed by atoms with Crippen LogP contribution in [-0.2, 0) is 13.0 Å². The van der Waals surface area contributed by atoms with E-state index in [-0.39, 0.29) is 12.4 Å². The Balaban J connectivity index is 0.00000288. The second-order valence-corrected chi connectivity index (χ2v) is 5.73. The molecule has 1 unspecified atom stereocenters. The number of likely N-dealkylation sites (N-methyl/N-ethyl adjacent to an activating group) is 1. The van der Waals surface area contributed by atoms with E-state index in [9.17, 15) is 5.11 Å². The molecule has 2 aromatic rings. The Bertz CT molecular complexity index is 607. The standard InChI is InChI=1S/C19H25NO3.ClH/c1-20(13-15-7-5-4-6-8-15)14-17(21)11-16-9-10-18(22-2)19(12-16)23-3;/h4-10,12,17,21H,11,13-14H2,1-3H3;1H. The summed E-state index contributed by atoms with van der Waals surface area (Å²) in [7, 11) is 5.25. The zero-order valence-corrected chi connectivity index (χ0v) is 15.3. The van der Waals surface area contributed by atoms with Crippen LogP contribution in [0.25, 0.3) is 0 Å². The average molecular weight is 352 g/mol. The van der Waals surface area contributed by atoms with Crippen molar-refractivity contribution < 1.29 is 14.6 Å². The molecule has 0 spiro atoms. The number of aliphatic hydroxyl groups excluding tert-OH is 1. The molecule has 0 amide bonds. The molecule has 0 saturated carbocycles. The number of nitrogens with zero attached hydrogens (tertiary/aromatic N) is 1. The minimum absolute atomic E-state index is 0. The quantitative estimate of drug-likeness (QED) is 0.793. The minimum Gasteiger partial charge on any atom is -0.493 e. The van der Waals surface area contributed by atoms with Gasteiger partial charge in [0.25, 0.3) is 0 Å². The van der Waals surface area contributed by atoms with Gasteiger partial charge < -0.3 is 14.6 Å². The molecular formula is C19H26ClNO3. The first kappa shape index (κ1) is 20.3. The molecule has 132 valence electrons. The van der Waals surface area contributed by atoms with Crippen molar-refractivity contribution in [3.8, 4) is 11.5 Å². The lowest BCUT2D eigenvalue weighted by Gasteiger charge is -2.21. The SMILES string of the molecule is COc1ccc(CC(O)CN(C)Cc2ccccc2)cc1OC.Cl. The monoisotopic (exact) mass is 351 g/mol. The van der Waals surface area contributed by atoms with Crippen molar-refractivity contribution >= 4 is 12.4 Å². The molecule has 0 aliphatic heterocycles. The first-order valence-corrected chi connectivity index (χ1v) is 7.73. The highest BCUT2D eigenvalue weighted by atomic mass is 35.5. The van der Waals surface area contributed by atoms with Crippen molar-refractivity contribution in [3.05, 3.63) is 59.7 Å². The van der Waals surface area contributed by atoms with Crippen LogP contribution in [0.1, 0.15) is 11.1 Å². The Kier molecular flexibility index (Phi) is 8.61. The van der Waals surface area contributed by atoms with E-state index in [2.05, 4.69) is 17.0 Å². The largest absolute Gasteiger partial charge is 0.493 e. The smallest absolute Gasteiger partial charge is 0.160 e. The highest BCUT2D eigenvalue weighted by Gasteiger charge is 2.12. The zero-order chi connectivity index (χ0) is 16.7. The lowest BCUT2D eigenvalue weighted by atomic mass is 10.1. The Morgan fingerprint density at radius 3 is 2.25 bits per heavy atom. The van der Waals surface area contributed by atoms with Gasteiger partial charge in [-0.1, -0.05) is 36.4 Å². The van der Waals surface area contributed by atoms with Crippen molar-refractivity contribution in [2.75, 3.05) is 27.8 Å². The van der Waals surface area contributed by atoms with Gasteiger partial charge in [0.2, 0.25) is 0 Å². The summed E-state index contributed by atoms with van der Waals surface area (Å²) in [5.41, 5.74) is 2.27. The fourth-order valence-corrected chi connectivity index (χ4v) is 2.66. The normalized spacial score (nSPS) is 11.7. The van der Waals surface area contributed by atoms with Crippen LogP contribution >= 0.6 is 12.4 Å². The summed E-state index contributed by atoms with van der Waals surface area (Å²) < 4.78 is 10.5. The molecule has 0 aliphatic rings. The topological polar surface area (TPSA) is 41.9 Å². The third-order valence-corrected chi connectivity index (χ3v) is 3.74. The number of benzene rings is 2. The molecule has 4 nitrogen and oxygen atoms in total. The van der Waals surface area contributed by atoms with Gasteiger partial charge in [-0.25, -0.2) is 0 Å². The molecule has 0 aromatic heterocycles. The van der Waals surface area contributed by atoms with E-state index < -0.39 is 6.10 Å². The zero-order valence-electron chi connectivity index (χ0n) is 14.4. The summed E-state index contributed by atoms with van der Waals surface area (Å²) in [5, 5.41) is 10.3. The van der Waals surface area contributed by atoms with E-state index in [0.29, 0.717) is 24.5 Å². The first-order chi connectivity index (χ1) is 11.1. The number of rotatable bonds is 8. The number of methoxy groups -OCH3 is 2. The fraction of sp³-hybridized carbons (Fsp3) is 0.368. The van der Waals surface area contributed by atoms with E-state index in [0.717, 1.165) is 12.1 Å². The van der Waals surface area contributed by atoms with Gasteiger partial charge in [0.05, 0.1) is 20.3 Å². The van der Waals surface area contributed by atoms with Crippen LogP contribution in [-0.4, -0.2) is 43.9 Å². The summed E-state index contributed by atoms with van der Waals surface area (Å²) in [6.07, 6.45) is 0.154. The second-order valence-electron chi connectivity index (χ2n) is 5.73. The van der Waals surface area contributed by atoms with Gasteiger partial charge in [-0.3, -0.25) is 4.90 Å². The molecule has 0 bridgehead atoms. The van der Waals surface area contributed by atoms with Crippen LogP contribution in [0.3, 0.4) is 0 Å². The van der Waals surface area contributed by atoms with Crippen LogP contribution in [0, 0.1) is 0 Å². The lowest BCUT2D eigenvalue weighted by Crippen LogP contribution is -2.30. The van der Waals surface area contributed by atoms with E-state index in [1.54, 1.807) is 14.2 Å². The Morgan fingerprint density at radius 1 is 0.958 bits per heavy atom. The van der Waals surface area contributed by atoms with Crippen molar-refractivity contribution in [3.63, 3.8) is 0 Å². The maximum absolute atomic E-state index is 10.3. The van der Waals surface area contributed by atoms with Gasteiger partial charge >= 0.3 is 0 Å².